The predicted molar refractivity (Wildman–Crippen MR) is 95.7 cm³/mol. The number of nitrogens with zero attached hydrogens (tertiary/aromatic N) is 2. The van der Waals surface area contributed by atoms with Crippen LogP contribution in [0.3, 0.4) is 0 Å². The van der Waals surface area contributed by atoms with Gasteiger partial charge in [-0.05, 0) is 46.0 Å². The first-order chi connectivity index (χ1) is 12.0. The van der Waals surface area contributed by atoms with E-state index < -0.39 is 17.7 Å². The number of rotatable bonds is 7. The Morgan fingerprint density at radius 3 is 2.60 bits per heavy atom. The van der Waals surface area contributed by atoms with Crippen molar-refractivity contribution in [3.05, 3.63) is 35.4 Å². The molecule has 140 valence electrons. The van der Waals surface area contributed by atoms with Crippen molar-refractivity contribution in [2.24, 2.45) is 4.99 Å². The normalized spacial score (nSPS) is 19.3. The third-order valence-electron chi connectivity index (χ3n) is 4.24. The lowest BCUT2D eigenvalue weighted by molar-refractivity contribution is 0.114. The summed E-state index contributed by atoms with van der Waals surface area (Å²) < 4.78 is 33.8. The molecule has 25 heavy (non-hydrogen) atoms. The number of hydrogen-bond acceptors (Lipinski definition) is 3. The van der Waals surface area contributed by atoms with Gasteiger partial charge in [0.15, 0.2) is 5.96 Å². The van der Waals surface area contributed by atoms with Crippen LogP contribution in [0.1, 0.15) is 31.4 Å². The second kappa shape index (κ2) is 9.68. The van der Waals surface area contributed by atoms with Gasteiger partial charge in [0.25, 0.3) is 0 Å². The van der Waals surface area contributed by atoms with Gasteiger partial charge in [-0.1, -0.05) is 6.07 Å². The SMILES string of the molecule is CCNC(=NCC(c1c(F)cccc1F)N(C)C)NCC1CCCO1. The van der Waals surface area contributed by atoms with Crippen molar-refractivity contribution in [3.63, 3.8) is 0 Å². The van der Waals surface area contributed by atoms with Crippen molar-refractivity contribution in [1.82, 2.24) is 15.5 Å². The Bertz CT molecular complexity index is 554. The van der Waals surface area contributed by atoms with Crippen molar-refractivity contribution in [2.45, 2.75) is 31.9 Å². The molecule has 2 rings (SSSR count). The highest BCUT2D eigenvalue weighted by Crippen LogP contribution is 2.24. The molecule has 1 heterocycles. The highest BCUT2D eigenvalue weighted by Gasteiger charge is 2.22. The van der Waals surface area contributed by atoms with Crippen molar-refractivity contribution in [2.75, 3.05) is 40.3 Å². The van der Waals surface area contributed by atoms with Gasteiger partial charge in [-0.25, -0.2) is 8.78 Å². The molecule has 1 fully saturated rings. The minimum atomic E-state index is -0.550. The molecule has 0 aromatic heterocycles. The molecule has 1 aromatic carbocycles. The maximum Gasteiger partial charge on any atom is 0.191 e. The summed E-state index contributed by atoms with van der Waals surface area (Å²) in [6, 6.07) is 3.44. The smallest absolute Gasteiger partial charge is 0.191 e. The van der Waals surface area contributed by atoms with E-state index in [2.05, 4.69) is 15.6 Å². The van der Waals surface area contributed by atoms with Gasteiger partial charge in [-0.15, -0.1) is 0 Å². The number of hydrogen-bond donors (Lipinski definition) is 2. The number of benzene rings is 1. The van der Waals surface area contributed by atoms with Crippen LogP contribution in [0.4, 0.5) is 8.78 Å². The molecule has 0 bridgehead atoms. The first-order valence-corrected chi connectivity index (χ1v) is 8.77. The Labute approximate surface area is 148 Å². The molecule has 7 heteroatoms. The van der Waals surface area contributed by atoms with E-state index in [-0.39, 0.29) is 18.2 Å². The quantitative estimate of drug-likeness (QED) is 0.583. The molecule has 5 nitrogen and oxygen atoms in total. The summed E-state index contributed by atoms with van der Waals surface area (Å²) in [5.74, 6) is -0.473. The monoisotopic (exact) mass is 354 g/mol. The summed E-state index contributed by atoms with van der Waals surface area (Å²) in [5, 5.41) is 6.40. The third kappa shape index (κ3) is 5.64. The largest absolute Gasteiger partial charge is 0.376 e. The highest BCUT2D eigenvalue weighted by molar-refractivity contribution is 5.79. The Morgan fingerprint density at radius 1 is 1.32 bits per heavy atom. The van der Waals surface area contributed by atoms with Crippen molar-refractivity contribution >= 4 is 5.96 Å². The minimum Gasteiger partial charge on any atom is -0.376 e. The Kier molecular flexibility index (Phi) is 7.58. The summed E-state index contributed by atoms with van der Waals surface area (Å²) in [5.41, 5.74) is 0.0474. The summed E-state index contributed by atoms with van der Waals surface area (Å²) >= 11 is 0. The summed E-state index contributed by atoms with van der Waals surface area (Å²) in [6.45, 7) is 4.40. The van der Waals surface area contributed by atoms with Crippen LogP contribution in [-0.2, 0) is 4.74 Å². The van der Waals surface area contributed by atoms with Gasteiger partial charge < -0.3 is 20.3 Å². The lowest BCUT2D eigenvalue weighted by Gasteiger charge is -2.24. The molecule has 0 radical (unpaired) electrons. The predicted octanol–water partition coefficient (Wildman–Crippen LogP) is 2.30. The third-order valence-corrected chi connectivity index (χ3v) is 4.24. The molecule has 1 aliphatic heterocycles. The number of ether oxygens (including phenoxy) is 1. The first kappa shape index (κ1) is 19.6. The van der Waals surface area contributed by atoms with Crippen LogP contribution in [0.15, 0.2) is 23.2 Å². The maximum absolute atomic E-state index is 14.1. The molecule has 0 spiro atoms. The molecule has 1 aliphatic rings. The van der Waals surface area contributed by atoms with Gasteiger partial charge >= 0.3 is 0 Å². The fraction of sp³-hybridized carbons (Fsp3) is 0.611. The van der Waals surface area contributed by atoms with Gasteiger partial charge in [0.05, 0.1) is 18.7 Å². The molecule has 2 atom stereocenters. The number of guanidine groups is 1. The van der Waals surface area contributed by atoms with Crippen molar-refractivity contribution in [1.29, 1.82) is 0 Å². The lowest BCUT2D eigenvalue weighted by Crippen LogP contribution is -2.41. The zero-order valence-electron chi connectivity index (χ0n) is 15.2. The summed E-state index contributed by atoms with van der Waals surface area (Å²) in [4.78, 5) is 6.29. The highest BCUT2D eigenvalue weighted by atomic mass is 19.1. The van der Waals surface area contributed by atoms with Crippen molar-refractivity contribution in [3.8, 4) is 0 Å². The van der Waals surface area contributed by atoms with Crippen LogP contribution < -0.4 is 10.6 Å². The molecular weight excluding hydrogens is 326 g/mol. The van der Waals surface area contributed by atoms with Crippen LogP contribution in [0.5, 0.6) is 0 Å². The van der Waals surface area contributed by atoms with Gasteiger partial charge in [-0.2, -0.15) is 0 Å². The van der Waals surface area contributed by atoms with Gasteiger partial charge in [0, 0.05) is 25.3 Å². The first-order valence-electron chi connectivity index (χ1n) is 8.77. The van der Waals surface area contributed by atoms with E-state index in [9.17, 15) is 8.78 Å². The van der Waals surface area contributed by atoms with Crippen LogP contribution >= 0.6 is 0 Å². The van der Waals surface area contributed by atoms with Gasteiger partial charge in [-0.3, -0.25) is 4.99 Å². The average Bonchev–Trinajstić information content (AvgIpc) is 3.08. The standard InChI is InChI=1S/C18H28F2N4O/c1-4-21-18(22-11-13-7-6-10-25-13)23-12-16(24(2)3)17-14(19)8-5-9-15(17)20/h5,8-9,13,16H,4,6-7,10-12H2,1-3H3,(H2,21,22,23). The molecule has 1 aromatic rings. The number of aliphatic imine (C=N–C) groups is 1. The second-order valence-electron chi connectivity index (χ2n) is 6.35. The van der Waals surface area contributed by atoms with E-state index in [4.69, 9.17) is 4.74 Å². The summed E-state index contributed by atoms with van der Waals surface area (Å²) in [6.07, 6.45) is 2.31. The number of nitrogens with one attached hydrogen (secondary N) is 2. The number of likely N-dealkylation sites (N-methyl/N-ethyl adjacent to an activating group) is 1. The Balaban J connectivity index is 2.08. The number of halogens is 2. The van der Waals surface area contributed by atoms with Gasteiger partial charge in [0.2, 0.25) is 0 Å². The molecule has 0 saturated carbocycles. The van der Waals surface area contributed by atoms with E-state index in [1.165, 1.54) is 18.2 Å². The average molecular weight is 354 g/mol. The Morgan fingerprint density at radius 2 is 2.04 bits per heavy atom. The molecule has 2 N–H and O–H groups in total. The fourth-order valence-corrected chi connectivity index (χ4v) is 2.88. The fourth-order valence-electron chi connectivity index (χ4n) is 2.88. The van der Waals surface area contributed by atoms with E-state index in [0.29, 0.717) is 19.0 Å². The van der Waals surface area contributed by atoms with Crippen LogP contribution in [0, 0.1) is 11.6 Å². The molecule has 0 aliphatic carbocycles. The molecule has 0 amide bonds. The van der Waals surface area contributed by atoms with Crippen LogP contribution in [0.25, 0.3) is 0 Å². The van der Waals surface area contributed by atoms with E-state index in [1.54, 1.807) is 19.0 Å². The molecular formula is C18H28F2N4O. The zero-order valence-corrected chi connectivity index (χ0v) is 15.2. The van der Waals surface area contributed by atoms with Crippen LogP contribution in [0.2, 0.25) is 0 Å². The zero-order chi connectivity index (χ0) is 18.2. The topological polar surface area (TPSA) is 48.9 Å². The maximum atomic E-state index is 14.1. The summed E-state index contributed by atoms with van der Waals surface area (Å²) in [7, 11) is 3.58. The van der Waals surface area contributed by atoms with Crippen molar-refractivity contribution < 1.29 is 13.5 Å². The van der Waals surface area contributed by atoms with E-state index in [0.717, 1.165) is 19.4 Å². The molecule has 1 saturated heterocycles. The minimum absolute atomic E-state index is 0.0474. The Hall–Kier alpha value is -1.73. The van der Waals surface area contributed by atoms with E-state index in [1.807, 2.05) is 6.92 Å². The lowest BCUT2D eigenvalue weighted by atomic mass is 10.0. The van der Waals surface area contributed by atoms with E-state index >= 15 is 0 Å². The van der Waals surface area contributed by atoms with Gasteiger partial charge in [0.1, 0.15) is 11.6 Å². The second-order valence-corrected chi connectivity index (χ2v) is 6.35. The van der Waals surface area contributed by atoms with Crippen LogP contribution in [-0.4, -0.2) is 57.3 Å². The molecule has 2 unspecified atom stereocenters.